The molecule has 1 unspecified atom stereocenters. The predicted molar refractivity (Wildman–Crippen MR) is 132 cm³/mol. The molecule has 0 saturated carbocycles. The van der Waals surface area contributed by atoms with Gasteiger partial charge in [-0.3, -0.25) is 14.4 Å². The summed E-state index contributed by atoms with van der Waals surface area (Å²) in [6, 6.07) is 10.8. The number of carbonyl (C=O) groups is 3. The number of piperazine rings is 1. The van der Waals surface area contributed by atoms with Crippen LogP contribution in [-0.4, -0.2) is 71.0 Å². The zero-order valence-electron chi connectivity index (χ0n) is 19.3. The number of carbonyl (C=O) groups excluding carboxylic acids is 3. The Balaban J connectivity index is 1.30. The molecule has 2 aliphatic heterocycles. The summed E-state index contributed by atoms with van der Waals surface area (Å²) in [4.78, 5) is 44.9. The SMILES string of the molecule is O=C(c1cc2cc(N3CCC(O)(C(=O)NCc4cc(F)cc(Cl)c4)C3=O)ccc2[nH]1)N1CCNCC1. The zero-order chi connectivity index (χ0) is 25.4. The first kappa shape index (κ1) is 24.2. The highest BCUT2D eigenvalue weighted by Gasteiger charge is 2.51. The van der Waals surface area contributed by atoms with Crippen molar-refractivity contribution in [1.82, 2.24) is 20.5 Å². The van der Waals surface area contributed by atoms with E-state index < -0.39 is 23.2 Å². The van der Waals surface area contributed by atoms with Gasteiger partial charge in [-0.15, -0.1) is 0 Å². The van der Waals surface area contributed by atoms with E-state index in [4.69, 9.17) is 11.6 Å². The molecule has 1 atom stereocenters. The number of hydrogen-bond acceptors (Lipinski definition) is 5. The molecule has 3 heterocycles. The van der Waals surface area contributed by atoms with Gasteiger partial charge < -0.3 is 30.5 Å². The van der Waals surface area contributed by atoms with Crippen LogP contribution in [0.3, 0.4) is 0 Å². The average Bonchev–Trinajstić information content (AvgIpc) is 3.43. The fourth-order valence-corrected chi connectivity index (χ4v) is 4.89. The lowest BCUT2D eigenvalue weighted by molar-refractivity contribution is -0.149. The third-order valence-electron chi connectivity index (χ3n) is 6.60. The maximum absolute atomic E-state index is 13.5. The van der Waals surface area contributed by atoms with Crippen molar-refractivity contribution in [1.29, 1.82) is 0 Å². The summed E-state index contributed by atoms with van der Waals surface area (Å²) in [6.45, 7) is 2.81. The maximum Gasteiger partial charge on any atom is 0.270 e. The molecule has 2 aromatic carbocycles. The molecular weight excluding hydrogens is 489 g/mol. The molecule has 1 aromatic heterocycles. The van der Waals surface area contributed by atoms with E-state index in [0.29, 0.717) is 30.0 Å². The maximum atomic E-state index is 13.5. The van der Waals surface area contributed by atoms with E-state index in [1.807, 2.05) is 0 Å². The topological polar surface area (TPSA) is 118 Å². The number of fused-ring (bicyclic) bond motifs is 1. The van der Waals surface area contributed by atoms with Crippen LogP contribution >= 0.6 is 11.6 Å². The molecule has 4 N–H and O–H groups in total. The molecule has 5 rings (SSSR count). The second-order valence-electron chi connectivity index (χ2n) is 9.02. The van der Waals surface area contributed by atoms with Crippen LogP contribution in [0.2, 0.25) is 5.02 Å². The Morgan fingerprint density at radius 1 is 1.11 bits per heavy atom. The van der Waals surface area contributed by atoms with Crippen molar-refractivity contribution < 1.29 is 23.9 Å². The number of halogens is 2. The number of rotatable bonds is 5. The highest BCUT2D eigenvalue weighted by Crippen LogP contribution is 2.31. The van der Waals surface area contributed by atoms with Gasteiger partial charge in [-0.2, -0.15) is 0 Å². The Morgan fingerprint density at radius 3 is 2.64 bits per heavy atom. The molecule has 188 valence electrons. The van der Waals surface area contributed by atoms with Crippen molar-refractivity contribution in [3.8, 4) is 0 Å². The van der Waals surface area contributed by atoms with Crippen molar-refractivity contribution in [3.63, 3.8) is 0 Å². The summed E-state index contributed by atoms with van der Waals surface area (Å²) < 4.78 is 13.5. The van der Waals surface area contributed by atoms with Gasteiger partial charge in [-0.05, 0) is 48.0 Å². The first-order chi connectivity index (χ1) is 17.2. The number of aromatic nitrogens is 1. The Kier molecular flexibility index (Phi) is 6.42. The fourth-order valence-electron chi connectivity index (χ4n) is 4.65. The van der Waals surface area contributed by atoms with Gasteiger partial charge in [0, 0.05) is 67.3 Å². The van der Waals surface area contributed by atoms with E-state index in [2.05, 4.69) is 15.6 Å². The molecule has 2 saturated heterocycles. The van der Waals surface area contributed by atoms with Gasteiger partial charge in [0.15, 0.2) is 0 Å². The number of hydrogen-bond donors (Lipinski definition) is 4. The Bertz CT molecular complexity index is 1340. The molecule has 3 aromatic rings. The first-order valence-corrected chi connectivity index (χ1v) is 12.0. The number of anilines is 1. The first-order valence-electron chi connectivity index (χ1n) is 11.6. The number of benzene rings is 2. The number of nitrogens with one attached hydrogen (secondary N) is 3. The number of aromatic amines is 1. The van der Waals surface area contributed by atoms with E-state index in [9.17, 15) is 23.9 Å². The summed E-state index contributed by atoms with van der Waals surface area (Å²) in [6.07, 6.45) is -0.0977. The highest BCUT2D eigenvalue weighted by atomic mass is 35.5. The summed E-state index contributed by atoms with van der Waals surface area (Å²) in [5, 5.41) is 17.6. The van der Waals surface area contributed by atoms with Gasteiger partial charge >= 0.3 is 0 Å². The molecule has 0 bridgehead atoms. The Labute approximate surface area is 211 Å². The molecular formula is C25H25ClFN5O4. The van der Waals surface area contributed by atoms with Crippen LogP contribution in [-0.2, 0) is 16.1 Å². The fraction of sp³-hybridized carbons (Fsp3) is 0.320. The summed E-state index contributed by atoms with van der Waals surface area (Å²) in [5.74, 6) is -2.24. The number of aliphatic hydroxyl groups is 1. The lowest BCUT2D eigenvalue weighted by Crippen LogP contribution is -2.52. The molecule has 11 heteroatoms. The number of nitrogens with zero attached hydrogens (tertiary/aromatic N) is 2. The summed E-state index contributed by atoms with van der Waals surface area (Å²) in [7, 11) is 0. The average molecular weight is 514 g/mol. The van der Waals surface area contributed by atoms with E-state index >= 15 is 0 Å². The molecule has 3 amide bonds. The normalized spacial score (nSPS) is 20.2. The van der Waals surface area contributed by atoms with Gasteiger partial charge in [-0.25, -0.2) is 4.39 Å². The van der Waals surface area contributed by atoms with Gasteiger partial charge in [0.1, 0.15) is 11.5 Å². The van der Waals surface area contributed by atoms with Crippen LogP contribution in [0.4, 0.5) is 10.1 Å². The standard InChI is InChI=1S/C25H25ClFN5O4/c26-17-9-15(10-18(27)13-17)14-29-23(34)25(36)3-6-32(24(25)35)19-1-2-20-16(11-19)12-21(30-20)22(33)31-7-4-28-5-8-31/h1-2,9-13,28,30,36H,3-8,14H2,(H,29,34). The van der Waals surface area contributed by atoms with Crippen LogP contribution in [0.1, 0.15) is 22.5 Å². The zero-order valence-corrected chi connectivity index (χ0v) is 20.1. The number of amides is 3. The molecule has 0 radical (unpaired) electrons. The number of H-pyrrole nitrogens is 1. The van der Waals surface area contributed by atoms with Crippen molar-refractivity contribution in [2.45, 2.75) is 18.6 Å². The Hall–Kier alpha value is -3.47. The van der Waals surface area contributed by atoms with Crippen LogP contribution < -0.4 is 15.5 Å². The Morgan fingerprint density at radius 2 is 1.89 bits per heavy atom. The largest absolute Gasteiger partial charge is 0.372 e. The minimum Gasteiger partial charge on any atom is -0.372 e. The van der Waals surface area contributed by atoms with E-state index in [-0.39, 0.29) is 30.4 Å². The highest BCUT2D eigenvalue weighted by molar-refractivity contribution is 6.30. The van der Waals surface area contributed by atoms with E-state index in [1.54, 1.807) is 29.2 Å². The third kappa shape index (κ3) is 4.55. The second-order valence-corrected chi connectivity index (χ2v) is 9.46. The van der Waals surface area contributed by atoms with Crippen LogP contribution in [0.25, 0.3) is 10.9 Å². The van der Waals surface area contributed by atoms with Crippen LogP contribution in [0.15, 0.2) is 42.5 Å². The summed E-state index contributed by atoms with van der Waals surface area (Å²) in [5.41, 5.74) is -0.124. The molecule has 0 spiro atoms. The quantitative estimate of drug-likeness (QED) is 0.388. The molecule has 36 heavy (non-hydrogen) atoms. The van der Waals surface area contributed by atoms with Crippen molar-refractivity contribution in [2.24, 2.45) is 0 Å². The van der Waals surface area contributed by atoms with E-state index in [0.717, 1.165) is 30.1 Å². The second kappa shape index (κ2) is 9.53. The molecule has 2 aliphatic rings. The molecule has 9 nitrogen and oxygen atoms in total. The van der Waals surface area contributed by atoms with Crippen LogP contribution in [0, 0.1) is 5.82 Å². The van der Waals surface area contributed by atoms with Crippen molar-refractivity contribution >= 4 is 45.9 Å². The minimum absolute atomic E-state index is 0.0860. The third-order valence-corrected chi connectivity index (χ3v) is 6.82. The lowest BCUT2D eigenvalue weighted by Gasteiger charge is -2.26. The van der Waals surface area contributed by atoms with Crippen molar-refractivity contribution in [3.05, 3.63) is 64.6 Å². The van der Waals surface area contributed by atoms with Gasteiger partial charge in [0.25, 0.3) is 17.7 Å². The predicted octanol–water partition coefficient (Wildman–Crippen LogP) is 1.79. The lowest BCUT2D eigenvalue weighted by atomic mass is 10.0. The minimum atomic E-state index is -2.24. The summed E-state index contributed by atoms with van der Waals surface area (Å²) >= 11 is 5.84. The molecule has 0 aliphatic carbocycles. The monoisotopic (exact) mass is 513 g/mol. The van der Waals surface area contributed by atoms with E-state index in [1.165, 1.54) is 17.0 Å². The smallest absolute Gasteiger partial charge is 0.270 e. The van der Waals surface area contributed by atoms with Crippen LogP contribution in [0.5, 0.6) is 0 Å². The van der Waals surface area contributed by atoms with Gasteiger partial charge in [0.05, 0.1) is 0 Å². The van der Waals surface area contributed by atoms with Gasteiger partial charge in [0.2, 0.25) is 5.60 Å². The molecule has 2 fully saturated rings. The van der Waals surface area contributed by atoms with Gasteiger partial charge in [-0.1, -0.05) is 11.6 Å². The van der Waals surface area contributed by atoms with Crippen molar-refractivity contribution in [2.75, 3.05) is 37.6 Å².